The number of amides is 2. The number of hydrogen-bond donors (Lipinski definition) is 2. The third-order valence-electron chi connectivity index (χ3n) is 5.36. The summed E-state index contributed by atoms with van der Waals surface area (Å²) in [6.07, 6.45) is 0. The van der Waals surface area contributed by atoms with Crippen LogP contribution in [0.15, 0.2) is 48.5 Å². The highest BCUT2D eigenvalue weighted by Gasteiger charge is 2.21. The average molecular weight is 503 g/mol. The number of likely N-dealkylation sites (N-methyl/N-ethyl adjacent to an activating group) is 1. The molecule has 3 aromatic rings. The Morgan fingerprint density at radius 1 is 1.06 bits per heavy atom. The summed E-state index contributed by atoms with van der Waals surface area (Å²) < 4.78 is 29.9. The third-order valence-corrected chi connectivity index (χ3v) is 6.25. The van der Waals surface area contributed by atoms with E-state index < -0.39 is 12.5 Å². The standard InChI is InChI=1S/C23H24F2N6O3S/c1-30-9-11-31(12-10-30)14-19(32)26-18-13-16(34-22(24)25)7-8-17(18)20(33)27-23-29-28-21(35-23)15-5-3-2-4-6-15/h2-8,13,22H,9-12,14H2,1H3,(H,26,32)(H,27,29,33). The van der Waals surface area contributed by atoms with E-state index in [4.69, 9.17) is 0 Å². The maximum atomic E-state index is 13.0. The number of carbonyl (C=O) groups is 2. The maximum Gasteiger partial charge on any atom is 0.387 e. The zero-order chi connectivity index (χ0) is 24.8. The fourth-order valence-electron chi connectivity index (χ4n) is 3.54. The van der Waals surface area contributed by atoms with Crippen LogP contribution in [0.25, 0.3) is 10.6 Å². The van der Waals surface area contributed by atoms with Crippen molar-refractivity contribution in [3.05, 3.63) is 54.1 Å². The van der Waals surface area contributed by atoms with E-state index in [1.165, 1.54) is 29.5 Å². The molecule has 1 fully saturated rings. The molecule has 2 heterocycles. The number of piperazine rings is 1. The van der Waals surface area contributed by atoms with Crippen molar-refractivity contribution in [3.8, 4) is 16.3 Å². The van der Waals surface area contributed by atoms with E-state index in [0.29, 0.717) is 5.01 Å². The molecule has 0 atom stereocenters. The van der Waals surface area contributed by atoms with Crippen LogP contribution in [-0.4, -0.2) is 78.2 Å². The molecule has 184 valence electrons. The minimum Gasteiger partial charge on any atom is -0.435 e. The van der Waals surface area contributed by atoms with Crippen molar-refractivity contribution < 1.29 is 23.1 Å². The summed E-state index contributed by atoms with van der Waals surface area (Å²) >= 11 is 1.19. The molecule has 2 amide bonds. The van der Waals surface area contributed by atoms with E-state index in [2.05, 4.69) is 30.5 Å². The van der Waals surface area contributed by atoms with Crippen LogP contribution in [0.5, 0.6) is 5.75 Å². The van der Waals surface area contributed by atoms with Crippen LogP contribution in [0.3, 0.4) is 0 Å². The number of ether oxygens (including phenoxy) is 1. The molecular weight excluding hydrogens is 478 g/mol. The molecule has 1 aliphatic heterocycles. The first-order valence-corrected chi connectivity index (χ1v) is 11.7. The van der Waals surface area contributed by atoms with Gasteiger partial charge in [0.15, 0.2) is 0 Å². The van der Waals surface area contributed by atoms with Gasteiger partial charge in [-0.3, -0.25) is 19.8 Å². The number of benzene rings is 2. The van der Waals surface area contributed by atoms with Crippen LogP contribution in [0.2, 0.25) is 0 Å². The van der Waals surface area contributed by atoms with E-state index in [1.807, 2.05) is 42.3 Å². The Bertz CT molecular complexity index is 1170. The van der Waals surface area contributed by atoms with Crippen molar-refractivity contribution in [2.24, 2.45) is 0 Å². The summed E-state index contributed by atoms with van der Waals surface area (Å²) in [7, 11) is 2.01. The lowest BCUT2D eigenvalue weighted by atomic mass is 10.1. The Hall–Kier alpha value is -3.48. The van der Waals surface area contributed by atoms with Crippen LogP contribution >= 0.6 is 11.3 Å². The van der Waals surface area contributed by atoms with E-state index >= 15 is 0 Å². The molecule has 0 radical (unpaired) electrons. The molecule has 1 saturated heterocycles. The van der Waals surface area contributed by atoms with Crippen molar-refractivity contribution in [2.75, 3.05) is 50.4 Å². The quantitative estimate of drug-likeness (QED) is 0.488. The molecule has 12 heteroatoms. The van der Waals surface area contributed by atoms with Gasteiger partial charge < -0.3 is 15.0 Å². The van der Waals surface area contributed by atoms with Crippen molar-refractivity contribution in [3.63, 3.8) is 0 Å². The SMILES string of the molecule is CN1CCN(CC(=O)Nc2cc(OC(F)F)ccc2C(=O)Nc2nnc(-c3ccccc3)s2)CC1. The molecule has 0 aliphatic carbocycles. The van der Waals surface area contributed by atoms with Gasteiger partial charge in [-0.05, 0) is 19.2 Å². The number of hydrogen-bond acceptors (Lipinski definition) is 8. The van der Waals surface area contributed by atoms with Gasteiger partial charge in [0, 0.05) is 37.8 Å². The molecular formula is C23H24F2N6O3S. The zero-order valence-corrected chi connectivity index (χ0v) is 19.7. The van der Waals surface area contributed by atoms with Gasteiger partial charge in [-0.15, -0.1) is 10.2 Å². The lowest BCUT2D eigenvalue weighted by Crippen LogP contribution is -2.47. The van der Waals surface area contributed by atoms with Gasteiger partial charge in [0.1, 0.15) is 10.8 Å². The number of halogens is 2. The predicted octanol–water partition coefficient (Wildman–Crippen LogP) is 3.24. The number of alkyl halides is 2. The summed E-state index contributed by atoms with van der Waals surface area (Å²) in [4.78, 5) is 29.8. The number of nitrogens with zero attached hydrogens (tertiary/aromatic N) is 4. The van der Waals surface area contributed by atoms with Gasteiger partial charge in [0.2, 0.25) is 11.0 Å². The molecule has 0 unspecified atom stereocenters. The second-order valence-corrected chi connectivity index (χ2v) is 8.92. The topological polar surface area (TPSA) is 99.7 Å². The first-order chi connectivity index (χ1) is 16.9. The van der Waals surface area contributed by atoms with E-state index in [-0.39, 0.29) is 34.6 Å². The Kier molecular flexibility index (Phi) is 7.95. The second kappa shape index (κ2) is 11.3. The molecule has 0 bridgehead atoms. The number of nitrogens with one attached hydrogen (secondary N) is 2. The molecule has 0 saturated carbocycles. The smallest absolute Gasteiger partial charge is 0.387 e. The summed E-state index contributed by atoms with van der Waals surface area (Å²) in [5.41, 5.74) is 0.998. The van der Waals surface area contributed by atoms with Crippen LogP contribution < -0.4 is 15.4 Å². The van der Waals surface area contributed by atoms with Gasteiger partial charge in [-0.2, -0.15) is 8.78 Å². The Morgan fingerprint density at radius 2 is 1.80 bits per heavy atom. The third kappa shape index (κ3) is 6.78. The lowest BCUT2D eigenvalue weighted by molar-refractivity contribution is -0.117. The number of carbonyl (C=O) groups excluding carboxylic acids is 2. The van der Waals surface area contributed by atoms with Gasteiger partial charge in [-0.1, -0.05) is 41.7 Å². The molecule has 1 aliphatic rings. The molecule has 1 aromatic heterocycles. The predicted molar refractivity (Wildman–Crippen MR) is 129 cm³/mol. The maximum absolute atomic E-state index is 13.0. The van der Waals surface area contributed by atoms with Gasteiger partial charge in [0.25, 0.3) is 5.91 Å². The minimum absolute atomic E-state index is 0.0626. The van der Waals surface area contributed by atoms with Crippen molar-refractivity contribution in [2.45, 2.75) is 6.61 Å². The number of aromatic nitrogens is 2. The Morgan fingerprint density at radius 3 is 2.51 bits per heavy atom. The highest BCUT2D eigenvalue weighted by atomic mass is 32.1. The van der Waals surface area contributed by atoms with Crippen LogP contribution in [0.1, 0.15) is 10.4 Å². The second-order valence-electron chi connectivity index (χ2n) is 7.95. The molecule has 0 spiro atoms. The minimum atomic E-state index is -3.04. The van der Waals surface area contributed by atoms with Crippen LogP contribution in [-0.2, 0) is 4.79 Å². The van der Waals surface area contributed by atoms with E-state index in [1.54, 1.807) is 0 Å². The highest BCUT2D eigenvalue weighted by molar-refractivity contribution is 7.18. The normalized spacial score (nSPS) is 14.6. The molecule has 2 aromatic carbocycles. The van der Waals surface area contributed by atoms with Gasteiger partial charge in [0.05, 0.1) is 17.8 Å². The summed E-state index contributed by atoms with van der Waals surface area (Å²) in [6.45, 7) is 0.211. The monoisotopic (exact) mass is 502 g/mol. The van der Waals surface area contributed by atoms with Crippen molar-refractivity contribution in [1.29, 1.82) is 0 Å². The van der Waals surface area contributed by atoms with Gasteiger partial charge in [-0.25, -0.2) is 0 Å². The van der Waals surface area contributed by atoms with Crippen LogP contribution in [0, 0.1) is 0 Å². The van der Waals surface area contributed by atoms with E-state index in [9.17, 15) is 18.4 Å². The molecule has 35 heavy (non-hydrogen) atoms. The zero-order valence-electron chi connectivity index (χ0n) is 18.9. The Labute approximate surface area is 204 Å². The largest absolute Gasteiger partial charge is 0.435 e. The van der Waals surface area contributed by atoms with Crippen LogP contribution in [0.4, 0.5) is 19.6 Å². The summed E-state index contributed by atoms with van der Waals surface area (Å²) in [6, 6.07) is 13.1. The van der Waals surface area contributed by atoms with Gasteiger partial charge >= 0.3 is 6.61 Å². The summed E-state index contributed by atoms with van der Waals surface area (Å²) in [5.74, 6) is -1.10. The fraction of sp³-hybridized carbons (Fsp3) is 0.304. The lowest BCUT2D eigenvalue weighted by Gasteiger charge is -2.31. The first-order valence-electron chi connectivity index (χ1n) is 10.9. The summed E-state index contributed by atoms with van der Waals surface area (Å²) in [5, 5.41) is 14.3. The van der Waals surface area contributed by atoms with E-state index in [0.717, 1.165) is 31.7 Å². The van der Waals surface area contributed by atoms with Crippen molar-refractivity contribution >= 4 is 34.0 Å². The van der Waals surface area contributed by atoms with Crippen molar-refractivity contribution in [1.82, 2.24) is 20.0 Å². The first kappa shape index (κ1) is 24.6. The average Bonchev–Trinajstić information content (AvgIpc) is 3.29. The highest BCUT2D eigenvalue weighted by Crippen LogP contribution is 2.28. The number of rotatable bonds is 8. The molecule has 2 N–H and O–H groups in total. The number of anilines is 2. The fourth-order valence-corrected chi connectivity index (χ4v) is 4.28. The Balaban J connectivity index is 1.49. The molecule has 9 nitrogen and oxygen atoms in total. The molecule has 4 rings (SSSR count).